The minimum absolute atomic E-state index is 0.0103. The van der Waals surface area contributed by atoms with Crippen LogP contribution in [0.25, 0.3) is 0 Å². The van der Waals surface area contributed by atoms with Crippen LogP contribution in [0, 0.1) is 13.8 Å². The Kier molecular flexibility index (Phi) is 8.20. The standard InChI is InChI=1S/C19H25BrN2O4S2/c1-16-4-8-18(9-5-16)27(23,24)21-13-15-22(14-3-12-20)28(25,26)19-10-6-17(2)7-11-19/h4-11,21H,3,12-15H2,1-2H3. The van der Waals surface area contributed by atoms with E-state index in [0.717, 1.165) is 11.1 Å². The van der Waals surface area contributed by atoms with Crippen LogP contribution in [-0.4, -0.2) is 46.1 Å². The van der Waals surface area contributed by atoms with Gasteiger partial charge >= 0.3 is 0 Å². The number of nitrogens with zero attached hydrogens (tertiary/aromatic N) is 1. The summed E-state index contributed by atoms with van der Waals surface area (Å²) in [6.07, 6.45) is 0.621. The van der Waals surface area contributed by atoms with Gasteiger partial charge in [-0.25, -0.2) is 21.6 Å². The van der Waals surface area contributed by atoms with Gasteiger partial charge in [0.2, 0.25) is 20.0 Å². The number of alkyl halides is 1. The minimum atomic E-state index is -3.70. The third kappa shape index (κ3) is 6.12. The van der Waals surface area contributed by atoms with Crippen molar-refractivity contribution < 1.29 is 16.8 Å². The molecule has 28 heavy (non-hydrogen) atoms. The molecule has 0 aliphatic heterocycles. The van der Waals surface area contributed by atoms with Gasteiger partial charge in [0.15, 0.2) is 0 Å². The molecule has 2 aromatic carbocycles. The maximum Gasteiger partial charge on any atom is 0.243 e. The van der Waals surface area contributed by atoms with Gasteiger partial charge in [0.05, 0.1) is 9.79 Å². The highest BCUT2D eigenvalue weighted by Gasteiger charge is 2.24. The maximum absolute atomic E-state index is 12.9. The summed E-state index contributed by atoms with van der Waals surface area (Å²) in [6, 6.07) is 13.1. The molecule has 0 bridgehead atoms. The van der Waals surface area contributed by atoms with Gasteiger partial charge in [-0.1, -0.05) is 51.3 Å². The molecule has 2 aromatic rings. The lowest BCUT2D eigenvalue weighted by molar-refractivity contribution is 0.413. The molecule has 9 heteroatoms. The quantitative estimate of drug-likeness (QED) is 0.520. The van der Waals surface area contributed by atoms with E-state index in [-0.39, 0.29) is 22.9 Å². The Bertz CT molecular complexity index is 974. The zero-order chi connectivity index (χ0) is 20.8. The van der Waals surface area contributed by atoms with E-state index in [0.29, 0.717) is 18.3 Å². The Morgan fingerprint density at radius 1 is 0.821 bits per heavy atom. The molecule has 0 aromatic heterocycles. The molecule has 0 saturated carbocycles. The second kappa shape index (κ2) is 9.98. The number of hydrogen-bond donors (Lipinski definition) is 1. The van der Waals surface area contributed by atoms with Gasteiger partial charge in [0, 0.05) is 25.0 Å². The fourth-order valence-electron chi connectivity index (χ4n) is 2.55. The largest absolute Gasteiger partial charge is 0.243 e. The van der Waals surface area contributed by atoms with Crippen LogP contribution in [0.3, 0.4) is 0 Å². The topological polar surface area (TPSA) is 83.6 Å². The Morgan fingerprint density at radius 3 is 1.82 bits per heavy atom. The summed E-state index contributed by atoms with van der Waals surface area (Å²) >= 11 is 3.31. The van der Waals surface area contributed by atoms with Crippen molar-refractivity contribution in [2.24, 2.45) is 0 Å². The first-order chi connectivity index (χ1) is 13.2. The van der Waals surface area contributed by atoms with E-state index < -0.39 is 20.0 Å². The van der Waals surface area contributed by atoms with Crippen molar-refractivity contribution in [1.29, 1.82) is 0 Å². The zero-order valence-corrected chi connectivity index (χ0v) is 19.1. The average molecular weight is 489 g/mol. The predicted molar refractivity (Wildman–Crippen MR) is 115 cm³/mol. The Balaban J connectivity index is 2.11. The number of sulfonamides is 2. The number of aryl methyl sites for hydroxylation is 2. The maximum atomic E-state index is 12.9. The molecule has 6 nitrogen and oxygen atoms in total. The third-order valence-corrected chi connectivity index (χ3v) is 8.14. The summed E-state index contributed by atoms with van der Waals surface area (Å²) in [5.41, 5.74) is 1.93. The van der Waals surface area contributed by atoms with E-state index in [1.165, 1.54) is 16.4 Å². The van der Waals surface area contributed by atoms with Crippen molar-refractivity contribution in [2.75, 3.05) is 25.0 Å². The fraction of sp³-hybridized carbons (Fsp3) is 0.368. The van der Waals surface area contributed by atoms with Crippen molar-refractivity contribution in [3.63, 3.8) is 0 Å². The molecule has 0 radical (unpaired) electrons. The summed E-state index contributed by atoms with van der Waals surface area (Å²) in [7, 11) is -7.39. The molecule has 1 N–H and O–H groups in total. The molecule has 0 fully saturated rings. The first kappa shape index (κ1) is 23.0. The second-order valence-corrected chi connectivity index (χ2v) is 11.0. The van der Waals surface area contributed by atoms with Gasteiger partial charge in [-0.3, -0.25) is 0 Å². The predicted octanol–water partition coefficient (Wildman–Crippen LogP) is 3.06. The lowest BCUT2D eigenvalue weighted by atomic mass is 10.2. The van der Waals surface area contributed by atoms with Crippen LogP contribution >= 0.6 is 15.9 Å². The van der Waals surface area contributed by atoms with Crippen molar-refractivity contribution in [1.82, 2.24) is 9.03 Å². The average Bonchev–Trinajstić information content (AvgIpc) is 2.65. The molecule has 154 valence electrons. The number of rotatable bonds is 10. The smallest absolute Gasteiger partial charge is 0.210 e. The lowest BCUT2D eigenvalue weighted by Crippen LogP contribution is -2.39. The summed E-state index contributed by atoms with van der Waals surface area (Å²) in [5, 5.41) is 0.655. The van der Waals surface area contributed by atoms with Gasteiger partial charge in [-0.2, -0.15) is 4.31 Å². The van der Waals surface area contributed by atoms with Crippen LogP contribution in [0.5, 0.6) is 0 Å². The molecule has 0 amide bonds. The van der Waals surface area contributed by atoms with Crippen molar-refractivity contribution in [2.45, 2.75) is 30.1 Å². The molecular weight excluding hydrogens is 464 g/mol. The first-order valence-electron chi connectivity index (χ1n) is 8.86. The molecular formula is C19H25BrN2O4S2. The molecule has 0 saturated heterocycles. The Hall–Kier alpha value is -1.26. The van der Waals surface area contributed by atoms with E-state index >= 15 is 0 Å². The highest BCUT2D eigenvalue weighted by molar-refractivity contribution is 9.09. The minimum Gasteiger partial charge on any atom is -0.210 e. The van der Waals surface area contributed by atoms with Crippen LogP contribution in [0.15, 0.2) is 58.3 Å². The summed E-state index contributed by atoms with van der Waals surface area (Å²) in [4.78, 5) is 0.362. The lowest BCUT2D eigenvalue weighted by Gasteiger charge is -2.22. The zero-order valence-electron chi connectivity index (χ0n) is 15.9. The SMILES string of the molecule is Cc1ccc(S(=O)(=O)NCCN(CCCBr)S(=O)(=O)c2ccc(C)cc2)cc1. The molecule has 0 heterocycles. The van der Waals surface area contributed by atoms with Crippen molar-refractivity contribution in [3.05, 3.63) is 59.7 Å². The number of nitrogens with one attached hydrogen (secondary N) is 1. The van der Waals surface area contributed by atoms with Crippen LogP contribution in [0.2, 0.25) is 0 Å². The van der Waals surface area contributed by atoms with Crippen LogP contribution < -0.4 is 4.72 Å². The molecule has 0 unspecified atom stereocenters. The first-order valence-corrected chi connectivity index (χ1v) is 12.9. The highest BCUT2D eigenvalue weighted by Crippen LogP contribution is 2.17. The van der Waals surface area contributed by atoms with Crippen LogP contribution in [-0.2, 0) is 20.0 Å². The van der Waals surface area contributed by atoms with Crippen LogP contribution in [0.1, 0.15) is 17.5 Å². The summed E-state index contributed by atoms with van der Waals surface area (Å²) in [6.45, 7) is 4.10. The number of halogens is 1. The number of benzene rings is 2. The Labute approximate surface area is 176 Å². The summed E-state index contributed by atoms with van der Waals surface area (Å²) in [5.74, 6) is 0. The third-order valence-electron chi connectivity index (χ3n) is 4.18. The second-order valence-electron chi connectivity index (χ2n) is 6.47. The molecule has 2 rings (SSSR count). The highest BCUT2D eigenvalue weighted by atomic mass is 79.9. The van der Waals surface area contributed by atoms with E-state index in [2.05, 4.69) is 20.7 Å². The Morgan fingerprint density at radius 2 is 1.32 bits per heavy atom. The van der Waals surface area contributed by atoms with E-state index in [4.69, 9.17) is 0 Å². The van der Waals surface area contributed by atoms with Gasteiger partial charge in [0.25, 0.3) is 0 Å². The molecule has 0 spiro atoms. The molecule has 0 aliphatic rings. The normalized spacial score (nSPS) is 12.4. The van der Waals surface area contributed by atoms with Gasteiger partial charge in [0.1, 0.15) is 0 Å². The van der Waals surface area contributed by atoms with Gasteiger partial charge < -0.3 is 0 Å². The van der Waals surface area contributed by atoms with Crippen molar-refractivity contribution >= 4 is 36.0 Å². The summed E-state index contributed by atoms with van der Waals surface area (Å²) < 4.78 is 54.5. The van der Waals surface area contributed by atoms with Gasteiger partial charge in [-0.15, -0.1) is 0 Å². The van der Waals surface area contributed by atoms with E-state index in [1.54, 1.807) is 36.4 Å². The monoisotopic (exact) mass is 488 g/mol. The van der Waals surface area contributed by atoms with Crippen LogP contribution in [0.4, 0.5) is 0 Å². The molecule has 0 atom stereocenters. The number of hydrogen-bond acceptors (Lipinski definition) is 4. The van der Waals surface area contributed by atoms with E-state index in [1.807, 2.05) is 13.8 Å². The van der Waals surface area contributed by atoms with Gasteiger partial charge in [-0.05, 0) is 44.5 Å². The molecule has 0 aliphatic carbocycles. The fourth-order valence-corrected chi connectivity index (χ4v) is 5.30. The van der Waals surface area contributed by atoms with Crippen molar-refractivity contribution in [3.8, 4) is 0 Å². The van der Waals surface area contributed by atoms with E-state index in [9.17, 15) is 16.8 Å².